The van der Waals surface area contributed by atoms with Crippen LogP contribution in [0.4, 0.5) is 4.79 Å². The van der Waals surface area contributed by atoms with E-state index in [0.29, 0.717) is 49.3 Å². The predicted octanol–water partition coefficient (Wildman–Crippen LogP) is 18.7. The number of aliphatic hydroxyl groups excluding tert-OH is 1. The topological polar surface area (TPSA) is 289 Å². The summed E-state index contributed by atoms with van der Waals surface area (Å²) in [5, 5.41) is 11.9. The molecule has 0 radical (unpaired) electrons. The van der Waals surface area contributed by atoms with Crippen molar-refractivity contribution < 1.29 is 103 Å². The Morgan fingerprint density at radius 2 is 0.909 bits per heavy atom. The number of hydrogen-bond donors (Lipinski definition) is 2. The second-order valence-electron chi connectivity index (χ2n) is 36.3. The lowest BCUT2D eigenvalue weighted by Gasteiger charge is -2.42. The normalized spacial score (nSPS) is 17.8. The molecule has 1 amide bonds. The number of aliphatic hydroxyl groups is 1. The minimum Gasteiger partial charge on any atom is -0.491 e. The van der Waals surface area contributed by atoms with Crippen LogP contribution in [0.5, 0.6) is 0 Å². The fourth-order valence-corrected chi connectivity index (χ4v) is 33.8. The Bertz CT molecular complexity index is 2740. The molecule has 0 spiro atoms. The average Bonchev–Trinajstić information content (AvgIpc) is 1.59. The third-order valence-corrected chi connectivity index (χ3v) is 37.5. The summed E-state index contributed by atoms with van der Waals surface area (Å²) < 4.78 is 71.9. The summed E-state index contributed by atoms with van der Waals surface area (Å²) >= 11 is 0. The van der Waals surface area contributed by atoms with Gasteiger partial charge in [-0.25, -0.2) is 9.59 Å². The van der Waals surface area contributed by atoms with Crippen molar-refractivity contribution in [3.05, 3.63) is 37.1 Å². The average molecular weight is 1670 g/mol. The molecular formula is C81H159NO22Si6. The molecule has 110 heavy (non-hydrogen) atoms. The van der Waals surface area contributed by atoms with Crippen LogP contribution in [0, 0.1) is 57.2 Å². The zero-order valence-electron chi connectivity index (χ0n) is 75.1. The van der Waals surface area contributed by atoms with Gasteiger partial charge in [-0.2, -0.15) is 0 Å². The summed E-state index contributed by atoms with van der Waals surface area (Å²) in [6.07, 6.45) is 12.8. The van der Waals surface area contributed by atoms with Crippen LogP contribution in [0.1, 0.15) is 201 Å². The van der Waals surface area contributed by atoms with Gasteiger partial charge in [0.05, 0.1) is 60.4 Å². The first-order valence-corrected chi connectivity index (χ1v) is 59.0. The van der Waals surface area contributed by atoms with E-state index in [1.54, 1.807) is 20.8 Å². The number of allylic oxidation sites excluding steroid dienone is 1. The van der Waals surface area contributed by atoms with Crippen LogP contribution >= 0.6 is 0 Å². The largest absolute Gasteiger partial charge is 0.491 e. The van der Waals surface area contributed by atoms with Crippen molar-refractivity contribution in [2.45, 2.75) is 317 Å². The minimum atomic E-state index is -2.83. The highest BCUT2D eigenvalue weighted by molar-refractivity contribution is 6.90. The highest BCUT2D eigenvalue weighted by atomic mass is 28.5. The second-order valence-corrected chi connectivity index (χ2v) is 62.4. The molecule has 2 N–H and O–H groups in total. The summed E-state index contributed by atoms with van der Waals surface area (Å²) in [5.41, 5.74) is -0.714. The number of carbonyl (C=O) groups is 8. The van der Waals surface area contributed by atoms with E-state index < -0.39 is 74.0 Å². The molecule has 3 saturated carbocycles. The number of nitrogens with one attached hydrogen (secondary N) is 1. The monoisotopic (exact) mass is 1670 g/mol. The lowest BCUT2D eigenvalue weighted by atomic mass is 9.80. The van der Waals surface area contributed by atoms with Crippen LogP contribution in [0.25, 0.3) is 0 Å². The molecule has 2 bridgehead atoms. The van der Waals surface area contributed by atoms with E-state index in [1.807, 2.05) is 90.0 Å². The molecule has 23 nitrogen and oxygen atoms in total. The maximum atomic E-state index is 12.2. The number of fused-ring (bicyclic) bond motifs is 5. The highest BCUT2D eigenvalue weighted by Crippen LogP contribution is 2.59. The van der Waals surface area contributed by atoms with Gasteiger partial charge < -0.3 is 69.5 Å². The van der Waals surface area contributed by atoms with Gasteiger partial charge in [0.1, 0.15) is 51.0 Å². The summed E-state index contributed by atoms with van der Waals surface area (Å²) in [6.45, 7) is 75.0. The molecule has 8 unspecified atom stereocenters. The first-order valence-electron chi connectivity index (χ1n) is 40.3. The van der Waals surface area contributed by atoms with Gasteiger partial charge in [-0.3, -0.25) is 28.8 Å². The van der Waals surface area contributed by atoms with Crippen LogP contribution in [0.3, 0.4) is 0 Å². The maximum Gasteiger partial charge on any atom is 0.469 e. The Hall–Kier alpha value is -4.32. The molecule has 3 aliphatic carbocycles. The molecule has 3 aliphatic rings. The van der Waals surface area contributed by atoms with Crippen LogP contribution < -0.4 is 5.32 Å². The third kappa shape index (κ3) is 48.8. The number of carbonyl (C=O) groups excluding carboxylic acids is 8. The molecule has 0 aromatic heterocycles. The van der Waals surface area contributed by atoms with E-state index in [0.717, 1.165) is 74.8 Å². The molecule has 0 aromatic carbocycles. The molecular weight excluding hydrogens is 1510 g/mol. The Labute approximate surface area is 673 Å². The van der Waals surface area contributed by atoms with Gasteiger partial charge in [-0.1, -0.05) is 81.5 Å². The van der Waals surface area contributed by atoms with Crippen molar-refractivity contribution in [2.75, 3.05) is 59.9 Å². The van der Waals surface area contributed by atoms with E-state index in [1.165, 1.54) is 32.8 Å². The Morgan fingerprint density at radius 1 is 0.500 bits per heavy atom. The first-order chi connectivity index (χ1) is 50.2. The Balaban J connectivity index is -0.00000127. The van der Waals surface area contributed by atoms with E-state index in [9.17, 15) is 43.5 Å². The number of alkyl carbamates (subject to hydrolysis) is 1. The molecule has 3 fully saturated rings. The lowest BCUT2D eigenvalue weighted by molar-refractivity contribution is -0.164. The Morgan fingerprint density at radius 3 is 1.32 bits per heavy atom. The van der Waals surface area contributed by atoms with Crippen LogP contribution in [0.2, 0.25) is 104 Å². The van der Waals surface area contributed by atoms with Crippen molar-refractivity contribution in [3.8, 4) is 0 Å². The van der Waals surface area contributed by atoms with E-state index in [4.69, 9.17) is 49.6 Å². The van der Waals surface area contributed by atoms with E-state index in [2.05, 4.69) is 133 Å². The van der Waals surface area contributed by atoms with Gasteiger partial charge in [0.2, 0.25) is 0 Å². The smallest absolute Gasteiger partial charge is 0.469 e. The minimum absolute atomic E-state index is 0.0159. The molecule has 644 valence electrons. The van der Waals surface area contributed by atoms with Gasteiger partial charge in [-0.15, -0.1) is 0 Å². The summed E-state index contributed by atoms with van der Waals surface area (Å²) in [7, 11) is -10.1. The van der Waals surface area contributed by atoms with Gasteiger partial charge in [0, 0.05) is 12.1 Å². The summed E-state index contributed by atoms with van der Waals surface area (Å²) in [5.74, 6) is 2.03. The predicted molar refractivity (Wildman–Crippen MR) is 454 cm³/mol. The Kier molecular flexibility index (Phi) is 51.5. The number of rotatable bonds is 42. The molecule has 0 saturated heterocycles. The van der Waals surface area contributed by atoms with Gasteiger partial charge in [-0.05, 0) is 266 Å². The fraction of sp³-hybridized carbons (Fsp3) is 0.827. The quantitative estimate of drug-likeness (QED) is 0.0109. The highest BCUT2D eigenvalue weighted by Gasteiger charge is 2.56. The third-order valence-electron chi connectivity index (χ3n) is 19.3. The number of hydrogen-bond acceptors (Lipinski definition) is 22. The van der Waals surface area contributed by atoms with Crippen LogP contribution in [-0.2, 0) is 92.7 Å². The van der Waals surface area contributed by atoms with Crippen LogP contribution in [0.15, 0.2) is 37.1 Å². The number of amides is 1. The van der Waals surface area contributed by atoms with Crippen molar-refractivity contribution in [1.29, 1.82) is 0 Å². The number of ether oxygens (including phenoxy) is 9. The van der Waals surface area contributed by atoms with Gasteiger partial charge in [0.15, 0.2) is 41.6 Å². The van der Waals surface area contributed by atoms with Crippen molar-refractivity contribution >= 4 is 98.3 Å². The maximum absolute atomic E-state index is 12.2. The zero-order chi connectivity index (χ0) is 86.3. The van der Waals surface area contributed by atoms with E-state index in [-0.39, 0.29) is 110 Å². The van der Waals surface area contributed by atoms with Crippen molar-refractivity contribution in [3.63, 3.8) is 0 Å². The first kappa shape index (κ1) is 110. The summed E-state index contributed by atoms with van der Waals surface area (Å²) in [6, 6.07) is 1.75. The number of esters is 7. The standard InChI is InChI=1S/C18H44O5Si4.C16H26O2.C14H32O3Si2.C13H21NO6.C13H22O4.C7H14O2/c1-13-18(2,3)17(19)20-15-14-16-27(21-24(4,5)6,22-25(7,8)9)23-26(10,11)12;1-4-16(2,3)15(17)18-14-9-10-8-13(14)12-7-5-6-11(10)12;1-9-14(2,3)13(15)16-11-10-12-19(7,8)17-18(4,5)6;1-4-10(3)12(16)19-8-9-20-13(17)14-6-7-18-11(15)5-2;1-6-10(4)13(15)17-8-12(14)7-16-11(5)9(2)3;1-5-7(2,3)6(8)9-4/h13-16H2,1-12H3;10-14H,4-9H2,1-3H3;9-12H2,1-8H3;5,10H,2,4,6-9H2,1,3H3,(H,14,17);10,12,14H,2,5-8H2,1,3-4H3;5H2,1-4H3. The molecule has 8 atom stereocenters. The molecule has 0 aliphatic heterocycles. The van der Waals surface area contributed by atoms with Crippen molar-refractivity contribution in [2.24, 2.45) is 57.2 Å². The molecule has 0 aromatic rings. The van der Waals surface area contributed by atoms with Crippen molar-refractivity contribution in [1.82, 2.24) is 5.32 Å². The summed E-state index contributed by atoms with van der Waals surface area (Å²) in [4.78, 5) is 91.5. The second kappa shape index (κ2) is 51.6. The molecule has 0 heterocycles. The molecule has 29 heteroatoms. The fourth-order valence-electron chi connectivity index (χ4n) is 11.1. The SMILES string of the molecule is C=C(C)C(=C)OCC(O)COC(=O)C(C)CC.C=CC(=O)OCCNC(=O)OCCOC(=O)C(C)CC.CCC(C)(C)C(=O)OC.CCC(C)(C)C(=O)OC1CC2CC1C1CCCC21.CCC(C)(C)C(=O)OCCC[Si](C)(C)O[Si](C)(C)C.CCC(C)(C)C(=O)OCCC[Si](O[Si](C)(C)C)(O[Si](C)(C)C)O[Si](C)(C)C. The number of methoxy groups -OCH3 is 1. The molecule has 3 rings (SSSR count). The zero-order valence-corrected chi connectivity index (χ0v) is 81.1. The van der Waals surface area contributed by atoms with Gasteiger partial charge >= 0.3 is 56.7 Å². The van der Waals surface area contributed by atoms with Gasteiger partial charge in [0.25, 0.3) is 0 Å². The van der Waals surface area contributed by atoms with Crippen LogP contribution in [-0.4, -0.2) is 175 Å². The lowest BCUT2D eigenvalue weighted by Crippen LogP contribution is -2.60. The van der Waals surface area contributed by atoms with E-state index >= 15 is 0 Å².